The Balaban J connectivity index is 0.000000167. The molecule has 5 aromatic rings. The Labute approximate surface area is 255 Å². The summed E-state index contributed by atoms with van der Waals surface area (Å²) in [6, 6.07) is 31.0. The lowest BCUT2D eigenvalue weighted by Gasteiger charge is -2.07. The van der Waals surface area contributed by atoms with Gasteiger partial charge in [-0.3, -0.25) is 14.4 Å². The third-order valence-corrected chi connectivity index (χ3v) is 7.06. The van der Waals surface area contributed by atoms with Gasteiger partial charge in [0.1, 0.15) is 0 Å². The fourth-order valence-electron chi connectivity index (χ4n) is 4.68. The number of nitrogens with zero attached hydrogens (tertiary/aromatic N) is 2. The molecule has 5 heteroatoms. The Hall–Kier alpha value is -4.51. The minimum absolute atomic E-state index is 0.0885. The van der Waals surface area contributed by atoms with E-state index >= 15 is 0 Å². The Morgan fingerprint density at radius 2 is 0.977 bits per heavy atom. The molecule has 0 aliphatic heterocycles. The van der Waals surface area contributed by atoms with Crippen molar-refractivity contribution in [1.29, 1.82) is 0 Å². The molecule has 0 amide bonds. The second kappa shape index (κ2) is 17.4. The van der Waals surface area contributed by atoms with E-state index in [0.29, 0.717) is 6.42 Å². The van der Waals surface area contributed by atoms with E-state index in [1.807, 2.05) is 100 Å². The van der Waals surface area contributed by atoms with Crippen LogP contribution in [-0.2, 0) is 24.3 Å². The van der Waals surface area contributed by atoms with Crippen LogP contribution in [0.5, 0.6) is 0 Å². The molecular formula is C38H44N2O3. The van der Waals surface area contributed by atoms with Gasteiger partial charge in [-0.25, -0.2) is 0 Å². The van der Waals surface area contributed by atoms with E-state index in [2.05, 4.69) is 27.7 Å². The monoisotopic (exact) mass is 576 g/mol. The third kappa shape index (κ3) is 9.50. The first-order chi connectivity index (χ1) is 20.9. The van der Waals surface area contributed by atoms with Crippen LogP contribution < -0.4 is 11.1 Å². The molecular weight excluding hydrogens is 532 g/mol. The average molecular weight is 577 g/mol. The second-order valence-electron chi connectivity index (χ2n) is 10.4. The summed E-state index contributed by atoms with van der Waals surface area (Å²) in [7, 11) is 0. The molecule has 43 heavy (non-hydrogen) atoms. The van der Waals surface area contributed by atoms with E-state index < -0.39 is 0 Å². The summed E-state index contributed by atoms with van der Waals surface area (Å²) in [5.41, 5.74) is 4.55. The lowest BCUT2D eigenvalue weighted by molar-refractivity contribution is -0.114. The summed E-state index contributed by atoms with van der Waals surface area (Å²) in [5, 5.41) is 2.25. The first-order valence-corrected chi connectivity index (χ1v) is 15.4. The fourth-order valence-corrected chi connectivity index (χ4v) is 4.68. The Morgan fingerprint density at radius 3 is 1.47 bits per heavy atom. The molecule has 0 bridgehead atoms. The van der Waals surface area contributed by atoms with E-state index in [1.165, 1.54) is 18.4 Å². The molecule has 5 nitrogen and oxygen atoms in total. The van der Waals surface area contributed by atoms with Crippen molar-refractivity contribution in [3.63, 3.8) is 0 Å². The average Bonchev–Trinajstić information content (AvgIpc) is 3.04. The fraction of sp³-hybridized carbons (Fsp3) is 0.289. The molecule has 0 atom stereocenters. The number of unbranched alkanes of at least 4 members (excludes halogenated alkanes) is 1. The van der Waals surface area contributed by atoms with Gasteiger partial charge in [0.2, 0.25) is 0 Å². The summed E-state index contributed by atoms with van der Waals surface area (Å²) >= 11 is 0. The molecule has 0 saturated heterocycles. The smallest absolute Gasteiger partial charge is 0.251 e. The molecule has 6 rings (SSSR count). The van der Waals surface area contributed by atoms with Crippen LogP contribution in [0.2, 0.25) is 0 Å². The Kier molecular flexibility index (Phi) is 13.4. The maximum atomic E-state index is 11.6. The summed E-state index contributed by atoms with van der Waals surface area (Å²) in [6.45, 7) is 10.1. The number of pyridine rings is 2. The van der Waals surface area contributed by atoms with Gasteiger partial charge in [0.15, 0.2) is 5.78 Å². The zero-order valence-corrected chi connectivity index (χ0v) is 26.0. The van der Waals surface area contributed by atoms with Gasteiger partial charge in [-0.2, -0.15) is 0 Å². The van der Waals surface area contributed by atoms with Crippen molar-refractivity contribution in [1.82, 2.24) is 9.13 Å². The first kappa shape index (κ1) is 33.0. The van der Waals surface area contributed by atoms with Gasteiger partial charge < -0.3 is 9.13 Å². The predicted molar refractivity (Wildman–Crippen MR) is 182 cm³/mol. The highest BCUT2D eigenvalue weighted by Gasteiger charge is 2.08. The molecule has 0 radical (unpaired) electrons. The number of hydrogen-bond donors (Lipinski definition) is 0. The van der Waals surface area contributed by atoms with Gasteiger partial charge in [-0.1, -0.05) is 107 Å². The second-order valence-corrected chi connectivity index (χ2v) is 10.4. The van der Waals surface area contributed by atoms with Gasteiger partial charge in [-0.15, -0.1) is 0 Å². The molecule has 0 unspecified atom stereocenters. The van der Waals surface area contributed by atoms with Crippen molar-refractivity contribution in [2.45, 2.75) is 72.9 Å². The number of aryl methyl sites for hydroxylation is 2. The highest BCUT2D eigenvalue weighted by Crippen LogP contribution is 2.16. The van der Waals surface area contributed by atoms with Crippen LogP contribution in [0, 0.1) is 0 Å². The van der Waals surface area contributed by atoms with Crippen LogP contribution >= 0.6 is 0 Å². The van der Waals surface area contributed by atoms with Crippen LogP contribution in [0.15, 0.2) is 113 Å². The summed E-state index contributed by atoms with van der Waals surface area (Å²) < 4.78 is 3.66. The van der Waals surface area contributed by atoms with Crippen LogP contribution in [0.3, 0.4) is 0 Å². The topological polar surface area (TPSA) is 61.1 Å². The predicted octanol–water partition coefficient (Wildman–Crippen LogP) is 8.45. The standard InChI is InChI=1S/2C12H13NO.C10H8O.C4H10/c2*1-2-9-13-11-6-4-3-5-10(11)7-8-12(13)14;11-10-6-5-8-3-1-2-4-9(8)7-10;1-3-4-2/h2*3-8H,2,9H2,1H3;1-6H,7H2;3-4H2,1-2H3. The summed E-state index contributed by atoms with van der Waals surface area (Å²) in [4.78, 5) is 34.1. The molecule has 0 fully saturated rings. The minimum Gasteiger partial charge on any atom is -0.308 e. The zero-order chi connectivity index (χ0) is 31.0. The lowest BCUT2D eigenvalue weighted by atomic mass is 9.97. The highest BCUT2D eigenvalue weighted by atomic mass is 16.1. The highest BCUT2D eigenvalue weighted by molar-refractivity contribution is 5.98. The van der Waals surface area contributed by atoms with Crippen LogP contribution in [0.4, 0.5) is 0 Å². The van der Waals surface area contributed by atoms with E-state index in [9.17, 15) is 14.4 Å². The van der Waals surface area contributed by atoms with Crippen molar-refractivity contribution in [3.8, 4) is 0 Å². The van der Waals surface area contributed by atoms with Crippen LogP contribution in [0.25, 0.3) is 27.9 Å². The number of rotatable bonds is 5. The number of benzene rings is 3. The number of allylic oxidation sites excluding steroid dienone is 1. The molecule has 2 aromatic heterocycles. The van der Waals surface area contributed by atoms with Crippen molar-refractivity contribution in [2.24, 2.45) is 0 Å². The Bertz CT molecular complexity index is 1660. The molecule has 2 heterocycles. The van der Waals surface area contributed by atoms with E-state index in [-0.39, 0.29) is 16.9 Å². The SMILES string of the molecule is CCCC.CCCn1c(=O)ccc2ccccc21.CCCn1c(=O)ccc2ccccc21.O=C1C=Cc2ccccc2C1. The van der Waals surface area contributed by atoms with Gasteiger partial charge in [0.05, 0.1) is 11.0 Å². The van der Waals surface area contributed by atoms with Gasteiger partial charge in [0.25, 0.3) is 11.1 Å². The maximum absolute atomic E-state index is 11.6. The number of carbonyl (C=O) groups is 1. The number of fused-ring (bicyclic) bond motifs is 3. The number of carbonyl (C=O) groups excluding carboxylic acids is 1. The zero-order valence-electron chi connectivity index (χ0n) is 26.0. The van der Waals surface area contributed by atoms with Gasteiger partial charge >= 0.3 is 0 Å². The quantitative estimate of drug-likeness (QED) is 0.211. The third-order valence-electron chi connectivity index (χ3n) is 7.06. The van der Waals surface area contributed by atoms with Crippen LogP contribution in [0.1, 0.15) is 64.5 Å². The molecule has 0 spiro atoms. The number of ketones is 1. The van der Waals surface area contributed by atoms with E-state index in [0.717, 1.165) is 53.3 Å². The van der Waals surface area contributed by atoms with E-state index in [1.54, 1.807) is 18.2 Å². The van der Waals surface area contributed by atoms with Crippen molar-refractivity contribution in [2.75, 3.05) is 0 Å². The Morgan fingerprint density at radius 1 is 0.512 bits per heavy atom. The maximum Gasteiger partial charge on any atom is 0.251 e. The van der Waals surface area contributed by atoms with E-state index in [4.69, 9.17) is 0 Å². The number of para-hydroxylation sites is 2. The largest absolute Gasteiger partial charge is 0.308 e. The molecule has 0 N–H and O–H groups in total. The number of aromatic nitrogens is 2. The molecule has 1 aliphatic rings. The number of hydrogen-bond acceptors (Lipinski definition) is 3. The molecule has 3 aromatic carbocycles. The van der Waals surface area contributed by atoms with Gasteiger partial charge in [0, 0.05) is 31.6 Å². The lowest BCUT2D eigenvalue weighted by Crippen LogP contribution is -2.18. The first-order valence-electron chi connectivity index (χ1n) is 15.4. The summed E-state index contributed by atoms with van der Waals surface area (Å²) in [6.07, 6.45) is 8.68. The molecule has 0 saturated carbocycles. The minimum atomic E-state index is 0.0885. The molecule has 224 valence electrons. The normalized spacial score (nSPS) is 11.4. The van der Waals surface area contributed by atoms with Gasteiger partial charge in [-0.05, 0) is 65.1 Å². The van der Waals surface area contributed by atoms with Crippen molar-refractivity contribution in [3.05, 3.63) is 135 Å². The van der Waals surface area contributed by atoms with Crippen molar-refractivity contribution < 1.29 is 4.79 Å². The molecule has 1 aliphatic carbocycles. The summed E-state index contributed by atoms with van der Waals surface area (Å²) in [5.74, 6) is 0.198. The van der Waals surface area contributed by atoms with Crippen LogP contribution in [-0.4, -0.2) is 14.9 Å². The van der Waals surface area contributed by atoms with Crippen molar-refractivity contribution >= 4 is 33.7 Å².